The van der Waals surface area contributed by atoms with Crippen LogP contribution < -0.4 is 5.32 Å². The van der Waals surface area contributed by atoms with Crippen molar-refractivity contribution in [2.75, 3.05) is 33.4 Å². The van der Waals surface area contributed by atoms with E-state index in [0.717, 1.165) is 53.7 Å². The van der Waals surface area contributed by atoms with Crippen LogP contribution in [0.2, 0.25) is 0 Å². The second kappa shape index (κ2) is 9.13. The molecule has 1 atom stereocenters. The second-order valence-corrected chi connectivity index (χ2v) is 9.56. The second-order valence-electron chi connectivity index (χ2n) is 9.56. The monoisotopic (exact) mass is 475 g/mol. The van der Waals surface area contributed by atoms with E-state index in [1.807, 2.05) is 42.5 Å². The molecule has 2 aromatic carbocycles. The minimum absolute atomic E-state index is 0.166. The zero-order valence-corrected chi connectivity index (χ0v) is 20.6. The number of carbonyl (C=O) groups is 2. The van der Waals surface area contributed by atoms with E-state index in [1.165, 1.54) is 0 Å². The third-order valence-electron chi connectivity index (χ3n) is 7.55. The Morgan fingerprint density at radius 1 is 0.943 bits per heavy atom. The summed E-state index contributed by atoms with van der Waals surface area (Å²) in [5, 5.41) is 4.64. The number of ether oxygens (including phenoxy) is 2. The molecule has 0 aliphatic carbocycles. The third kappa shape index (κ3) is 3.65. The predicted octanol–water partition coefficient (Wildman–Crippen LogP) is 3.69. The maximum absolute atomic E-state index is 14.0. The molecule has 0 saturated carbocycles. The summed E-state index contributed by atoms with van der Waals surface area (Å²) in [5.41, 5.74) is 1.53. The van der Waals surface area contributed by atoms with E-state index in [9.17, 15) is 9.59 Å². The normalized spacial score (nSPS) is 20.9. The van der Waals surface area contributed by atoms with Crippen LogP contribution in [0, 0.1) is 0 Å². The van der Waals surface area contributed by atoms with E-state index in [1.54, 1.807) is 13.8 Å². The summed E-state index contributed by atoms with van der Waals surface area (Å²) in [6.07, 6.45) is 1.48. The zero-order valence-electron chi connectivity index (χ0n) is 20.6. The van der Waals surface area contributed by atoms with Crippen LogP contribution in [-0.2, 0) is 24.6 Å². The van der Waals surface area contributed by atoms with Crippen molar-refractivity contribution in [1.29, 1.82) is 0 Å². The van der Waals surface area contributed by atoms with Crippen LogP contribution in [0.15, 0.2) is 54.6 Å². The van der Waals surface area contributed by atoms with Gasteiger partial charge in [-0.15, -0.1) is 0 Å². The maximum Gasteiger partial charge on any atom is 0.339 e. The van der Waals surface area contributed by atoms with E-state index in [4.69, 9.17) is 9.47 Å². The number of rotatable bonds is 5. The Hall–Kier alpha value is -3.16. The zero-order chi connectivity index (χ0) is 24.6. The van der Waals surface area contributed by atoms with Crippen LogP contribution in [0.3, 0.4) is 0 Å². The number of fused-ring (bicyclic) bond motifs is 4. The van der Waals surface area contributed by atoms with Gasteiger partial charge in [-0.25, -0.2) is 9.59 Å². The van der Waals surface area contributed by atoms with Crippen molar-refractivity contribution in [2.45, 2.75) is 43.7 Å². The summed E-state index contributed by atoms with van der Waals surface area (Å²) >= 11 is 0. The molecular weight excluding hydrogens is 442 g/mol. The smallest absolute Gasteiger partial charge is 0.339 e. The van der Waals surface area contributed by atoms with E-state index < -0.39 is 28.9 Å². The Labute approximate surface area is 205 Å². The van der Waals surface area contributed by atoms with Crippen LogP contribution in [0.25, 0.3) is 10.9 Å². The molecule has 1 aromatic heterocycles. The molecule has 5 rings (SSSR count). The van der Waals surface area contributed by atoms with Gasteiger partial charge in [-0.3, -0.25) is 5.32 Å². The highest BCUT2D eigenvalue weighted by atomic mass is 16.6. The minimum atomic E-state index is -1.72. The fourth-order valence-corrected chi connectivity index (χ4v) is 5.92. The highest BCUT2D eigenvalue weighted by Gasteiger charge is 2.64. The molecule has 7 heteroatoms. The maximum atomic E-state index is 14.0. The molecule has 0 bridgehead atoms. The molecular formula is C28H33N3O4. The summed E-state index contributed by atoms with van der Waals surface area (Å²) in [6, 6.07) is 17.9. The summed E-state index contributed by atoms with van der Waals surface area (Å²) in [4.78, 5) is 33.9. The van der Waals surface area contributed by atoms with Crippen molar-refractivity contribution >= 4 is 22.8 Å². The molecule has 1 fully saturated rings. The van der Waals surface area contributed by atoms with Gasteiger partial charge in [0.25, 0.3) is 0 Å². The number of hydrogen-bond acceptors (Lipinski definition) is 6. The first-order chi connectivity index (χ1) is 17.0. The number of likely N-dealkylation sites (tertiary alicyclic amines) is 1. The van der Waals surface area contributed by atoms with Gasteiger partial charge in [0.1, 0.15) is 0 Å². The van der Waals surface area contributed by atoms with E-state index in [2.05, 4.69) is 34.4 Å². The number of hydrogen-bond donors (Lipinski definition) is 2. The van der Waals surface area contributed by atoms with Gasteiger partial charge in [0, 0.05) is 16.6 Å². The summed E-state index contributed by atoms with van der Waals surface area (Å²) in [6.45, 7) is 5.53. The fourth-order valence-electron chi connectivity index (χ4n) is 5.92. The van der Waals surface area contributed by atoms with Gasteiger partial charge in [0.15, 0.2) is 0 Å². The Morgan fingerprint density at radius 2 is 1.54 bits per heavy atom. The standard InChI is InChI=1S/C28H33N3O4/c1-4-34-25(32)28(26(33)35-5-2)23(19-11-7-6-8-12-19)22-20-13-9-10-14-21(20)29-24(22)27(30-28)15-17-31(3)18-16-27/h6-14,23,29-30H,4-5,15-18H2,1-3H3. The lowest BCUT2D eigenvalue weighted by Gasteiger charge is -2.52. The molecule has 1 saturated heterocycles. The van der Waals surface area contributed by atoms with E-state index in [-0.39, 0.29) is 13.2 Å². The third-order valence-corrected chi connectivity index (χ3v) is 7.55. The number of H-pyrrole nitrogens is 1. The van der Waals surface area contributed by atoms with Crippen LogP contribution in [-0.4, -0.2) is 60.7 Å². The Balaban J connectivity index is 1.87. The molecule has 1 spiro atoms. The average Bonchev–Trinajstić information content (AvgIpc) is 3.27. The van der Waals surface area contributed by atoms with Gasteiger partial charge in [0.2, 0.25) is 5.54 Å². The van der Waals surface area contributed by atoms with Crippen molar-refractivity contribution in [3.63, 3.8) is 0 Å². The topological polar surface area (TPSA) is 83.7 Å². The average molecular weight is 476 g/mol. The first-order valence-electron chi connectivity index (χ1n) is 12.4. The molecule has 0 amide bonds. The molecule has 2 aliphatic rings. The number of aromatic amines is 1. The van der Waals surface area contributed by atoms with Gasteiger partial charge in [0.05, 0.1) is 24.7 Å². The minimum Gasteiger partial charge on any atom is -0.464 e. The van der Waals surface area contributed by atoms with Crippen LogP contribution in [0.4, 0.5) is 0 Å². The highest BCUT2D eigenvalue weighted by Crippen LogP contribution is 2.52. The van der Waals surface area contributed by atoms with Gasteiger partial charge in [-0.05, 0) is 64.0 Å². The fraction of sp³-hybridized carbons (Fsp3) is 0.429. The van der Waals surface area contributed by atoms with Crippen molar-refractivity contribution in [2.24, 2.45) is 0 Å². The first kappa shape index (κ1) is 23.6. The number of nitrogens with zero attached hydrogens (tertiary/aromatic N) is 1. The van der Waals surface area contributed by atoms with Crippen molar-refractivity contribution in [3.8, 4) is 0 Å². The van der Waals surface area contributed by atoms with Gasteiger partial charge >= 0.3 is 11.9 Å². The number of piperidine rings is 1. The lowest BCUT2D eigenvalue weighted by molar-refractivity contribution is -0.170. The molecule has 2 N–H and O–H groups in total. The molecule has 3 heterocycles. The number of benzene rings is 2. The van der Waals surface area contributed by atoms with Gasteiger partial charge in [-0.1, -0.05) is 48.5 Å². The molecule has 35 heavy (non-hydrogen) atoms. The summed E-state index contributed by atoms with van der Waals surface area (Å²) in [5.74, 6) is -1.82. The van der Waals surface area contributed by atoms with Crippen molar-refractivity contribution in [3.05, 3.63) is 71.4 Å². The Bertz CT molecular complexity index is 1210. The molecule has 7 nitrogen and oxygen atoms in total. The molecule has 1 unspecified atom stereocenters. The van der Waals surface area contributed by atoms with Crippen LogP contribution in [0.5, 0.6) is 0 Å². The summed E-state index contributed by atoms with van der Waals surface area (Å²) < 4.78 is 11.3. The number of carbonyl (C=O) groups excluding carboxylic acids is 2. The molecule has 0 radical (unpaired) electrons. The van der Waals surface area contributed by atoms with Crippen molar-refractivity contribution in [1.82, 2.24) is 15.2 Å². The Kier molecular flexibility index (Phi) is 6.15. The lowest BCUT2D eigenvalue weighted by atomic mass is 9.65. The number of esters is 2. The van der Waals surface area contributed by atoms with E-state index in [0.29, 0.717) is 0 Å². The molecule has 3 aromatic rings. The summed E-state index contributed by atoms with van der Waals surface area (Å²) in [7, 11) is 2.10. The van der Waals surface area contributed by atoms with E-state index >= 15 is 0 Å². The SMILES string of the molecule is CCOC(=O)C1(C(=O)OCC)NC2(CCN(C)CC2)c2[nH]c3ccccc3c2C1c1ccccc1. The number of aromatic nitrogens is 1. The largest absolute Gasteiger partial charge is 0.464 e. The van der Waals surface area contributed by atoms with Crippen LogP contribution in [0.1, 0.15) is 49.4 Å². The van der Waals surface area contributed by atoms with Crippen LogP contribution >= 0.6 is 0 Å². The molecule has 184 valence electrons. The first-order valence-corrected chi connectivity index (χ1v) is 12.4. The van der Waals surface area contributed by atoms with Gasteiger partial charge in [-0.2, -0.15) is 0 Å². The van der Waals surface area contributed by atoms with Gasteiger partial charge < -0.3 is 19.4 Å². The quantitative estimate of drug-likeness (QED) is 0.433. The molecule has 2 aliphatic heterocycles. The number of para-hydroxylation sites is 1. The Morgan fingerprint density at radius 3 is 2.17 bits per heavy atom. The lowest BCUT2D eigenvalue weighted by Crippen LogP contribution is -2.72. The highest BCUT2D eigenvalue weighted by molar-refractivity contribution is 6.08. The number of nitrogens with one attached hydrogen (secondary N) is 2. The predicted molar refractivity (Wildman–Crippen MR) is 134 cm³/mol. The van der Waals surface area contributed by atoms with Crippen molar-refractivity contribution < 1.29 is 19.1 Å².